The molecule has 0 radical (unpaired) electrons. The maximum Gasteiger partial charge on any atom is 0.187 e. The summed E-state index contributed by atoms with van der Waals surface area (Å²) >= 11 is 0. The second kappa shape index (κ2) is 10.8. The van der Waals surface area contributed by atoms with Gasteiger partial charge in [-0.1, -0.05) is 6.92 Å². The summed E-state index contributed by atoms with van der Waals surface area (Å²) in [5, 5.41) is 10.2. The van der Waals surface area contributed by atoms with Crippen LogP contribution in [0.5, 0.6) is 0 Å². The van der Waals surface area contributed by atoms with Gasteiger partial charge in [-0.25, -0.2) is 18.2 Å². The second-order valence-electron chi connectivity index (χ2n) is 10.4. The Bertz CT molecular complexity index is 1410. The van der Waals surface area contributed by atoms with Crippen molar-refractivity contribution in [1.29, 1.82) is 0 Å². The topological polar surface area (TPSA) is 137 Å². The molecule has 40 heavy (non-hydrogen) atoms. The van der Waals surface area contributed by atoms with Crippen molar-refractivity contribution < 1.29 is 32.5 Å². The van der Waals surface area contributed by atoms with Gasteiger partial charge in [0.15, 0.2) is 11.6 Å². The van der Waals surface area contributed by atoms with Crippen molar-refractivity contribution in [3.8, 4) is 11.3 Å². The Morgan fingerprint density at radius 2 is 1.90 bits per heavy atom. The summed E-state index contributed by atoms with van der Waals surface area (Å²) in [6, 6.07) is 4.18. The van der Waals surface area contributed by atoms with Gasteiger partial charge in [0.2, 0.25) is 0 Å². The summed E-state index contributed by atoms with van der Waals surface area (Å²) in [5.41, 5.74) is 10.5. The quantitative estimate of drug-likeness (QED) is 0.375. The van der Waals surface area contributed by atoms with E-state index in [-0.39, 0.29) is 42.5 Å². The van der Waals surface area contributed by atoms with Crippen LogP contribution in [0.1, 0.15) is 28.5 Å². The Hall–Kier alpha value is -3.58. The summed E-state index contributed by atoms with van der Waals surface area (Å²) < 4.78 is 56.0. The average molecular weight is 558 g/mol. The van der Waals surface area contributed by atoms with Gasteiger partial charge in [-0.05, 0) is 23.8 Å². The van der Waals surface area contributed by atoms with E-state index in [4.69, 9.17) is 20.9 Å². The van der Waals surface area contributed by atoms with Crippen molar-refractivity contribution in [3.63, 3.8) is 0 Å². The highest BCUT2D eigenvalue weighted by Crippen LogP contribution is 2.37. The standard InChI is InChI=1S/C28H30F3N5O4/c1-14-10-36(11-21(33)27(14)38)22-3-4-34-9-15(22)5-23(37)26-20(32)8-19(31)25(35-26)24-17(29)6-16(7-18(24)30)28(39-2)12-40-13-28/h3-4,6-9,14,21,27,38H,5,10-13,32-33H2,1-2H3/t14-,21+,27+/m0/s1. The number of hydrogen-bond donors (Lipinski definition) is 3. The third kappa shape index (κ3) is 4.92. The normalized spacial score (nSPS) is 22.2. The fourth-order valence-corrected chi connectivity index (χ4v) is 5.29. The number of anilines is 2. The highest BCUT2D eigenvalue weighted by atomic mass is 19.1. The molecule has 0 spiro atoms. The number of aromatic nitrogens is 2. The van der Waals surface area contributed by atoms with Gasteiger partial charge in [-0.2, -0.15) is 0 Å². The Labute approximate surface area is 228 Å². The first kappa shape index (κ1) is 28.0. The second-order valence-corrected chi connectivity index (χ2v) is 10.4. The molecule has 2 aliphatic heterocycles. The molecular formula is C28H30F3N5O4. The number of rotatable bonds is 7. The van der Waals surface area contributed by atoms with E-state index < -0.39 is 52.2 Å². The number of aliphatic hydroxyl groups excluding tert-OH is 1. The number of hydrogen-bond acceptors (Lipinski definition) is 9. The van der Waals surface area contributed by atoms with Gasteiger partial charge in [0.05, 0.1) is 30.6 Å². The van der Waals surface area contributed by atoms with Gasteiger partial charge in [0.1, 0.15) is 28.6 Å². The maximum absolute atomic E-state index is 15.2. The van der Waals surface area contributed by atoms with Crippen LogP contribution in [0.4, 0.5) is 24.5 Å². The van der Waals surface area contributed by atoms with E-state index in [1.54, 1.807) is 12.3 Å². The largest absolute Gasteiger partial charge is 0.397 e. The number of carbonyl (C=O) groups excluding carboxylic acids is 1. The van der Waals surface area contributed by atoms with Crippen molar-refractivity contribution in [3.05, 3.63) is 70.9 Å². The molecule has 4 heterocycles. The predicted molar refractivity (Wildman–Crippen MR) is 141 cm³/mol. The number of pyridine rings is 2. The molecular weight excluding hydrogens is 527 g/mol. The number of aliphatic hydroxyl groups is 1. The van der Waals surface area contributed by atoms with Gasteiger partial charge >= 0.3 is 0 Å². The summed E-state index contributed by atoms with van der Waals surface area (Å²) in [5.74, 6) is -3.92. The Kier molecular flexibility index (Phi) is 7.53. The maximum atomic E-state index is 15.2. The van der Waals surface area contributed by atoms with E-state index in [1.165, 1.54) is 13.3 Å². The Morgan fingerprint density at radius 1 is 1.20 bits per heavy atom. The van der Waals surface area contributed by atoms with Crippen LogP contribution in [0.25, 0.3) is 11.3 Å². The van der Waals surface area contributed by atoms with Crippen LogP contribution in [-0.2, 0) is 21.5 Å². The minimum atomic E-state index is -1.08. The van der Waals surface area contributed by atoms with E-state index in [0.29, 0.717) is 24.3 Å². The average Bonchev–Trinajstić information content (AvgIpc) is 2.87. The SMILES string of the molecule is COC1(c2cc(F)c(-c3nc(C(=O)Cc4cnccc4N4C[C@@H](N)[C@H](O)[C@@H](C)C4)c(N)cc3F)c(F)c2)COC1. The van der Waals surface area contributed by atoms with Crippen LogP contribution in [0.15, 0.2) is 36.7 Å². The molecule has 3 atom stereocenters. The molecule has 2 fully saturated rings. The lowest BCUT2D eigenvalue weighted by Gasteiger charge is -2.40. The van der Waals surface area contributed by atoms with Crippen LogP contribution in [0.3, 0.4) is 0 Å². The summed E-state index contributed by atoms with van der Waals surface area (Å²) in [4.78, 5) is 23.5. The first-order valence-electron chi connectivity index (χ1n) is 12.8. The third-order valence-electron chi connectivity index (χ3n) is 7.67. The predicted octanol–water partition coefficient (Wildman–Crippen LogP) is 2.58. The number of benzene rings is 1. The molecule has 2 aliphatic rings. The molecule has 3 aromatic rings. The van der Waals surface area contributed by atoms with E-state index in [9.17, 15) is 14.3 Å². The van der Waals surface area contributed by atoms with E-state index in [2.05, 4.69) is 9.97 Å². The van der Waals surface area contributed by atoms with Crippen molar-refractivity contribution >= 4 is 17.2 Å². The Morgan fingerprint density at radius 3 is 2.50 bits per heavy atom. The fourth-order valence-electron chi connectivity index (χ4n) is 5.29. The number of Topliss-reactive ketones (excluding diaryl/α,β-unsaturated/α-hetero) is 1. The number of methoxy groups -OCH3 is 1. The Balaban J connectivity index is 1.47. The molecule has 1 aromatic carbocycles. The van der Waals surface area contributed by atoms with Gasteiger partial charge in [0, 0.05) is 68.3 Å². The fraction of sp³-hybridized carbons (Fsp3) is 0.393. The van der Waals surface area contributed by atoms with Gasteiger partial charge in [0.25, 0.3) is 0 Å². The molecule has 9 nitrogen and oxygen atoms in total. The van der Waals surface area contributed by atoms with Gasteiger partial charge in [-0.15, -0.1) is 0 Å². The molecule has 12 heteroatoms. The number of nitrogen functional groups attached to an aromatic ring is 1. The zero-order chi connectivity index (χ0) is 28.8. The smallest absolute Gasteiger partial charge is 0.187 e. The molecule has 2 aromatic heterocycles. The number of carbonyl (C=O) groups is 1. The lowest BCUT2D eigenvalue weighted by Crippen LogP contribution is -2.55. The lowest BCUT2D eigenvalue weighted by atomic mass is 9.90. The van der Waals surface area contributed by atoms with Crippen LogP contribution < -0.4 is 16.4 Å². The molecule has 0 amide bonds. The summed E-state index contributed by atoms with van der Waals surface area (Å²) in [7, 11) is 1.41. The van der Waals surface area contributed by atoms with Crippen molar-refractivity contribution in [2.24, 2.45) is 11.7 Å². The van der Waals surface area contributed by atoms with Crippen LogP contribution in [0, 0.1) is 23.4 Å². The van der Waals surface area contributed by atoms with Crippen LogP contribution >= 0.6 is 0 Å². The monoisotopic (exact) mass is 557 g/mol. The number of ketones is 1. The first-order chi connectivity index (χ1) is 19.0. The van der Waals surface area contributed by atoms with E-state index in [1.807, 2.05) is 11.8 Å². The zero-order valence-electron chi connectivity index (χ0n) is 22.0. The molecule has 5 rings (SSSR count). The number of piperidine rings is 1. The highest BCUT2D eigenvalue weighted by Gasteiger charge is 2.42. The minimum Gasteiger partial charge on any atom is -0.397 e. The van der Waals surface area contributed by atoms with Crippen LogP contribution in [-0.4, -0.2) is 66.4 Å². The number of ether oxygens (including phenoxy) is 2. The minimum absolute atomic E-state index is 0.107. The summed E-state index contributed by atoms with van der Waals surface area (Å²) in [6.45, 7) is 2.99. The molecule has 2 saturated heterocycles. The number of halogens is 3. The number of nitrogens with two attached hydrogens (primary N) is 2. The van der Waals surface area contributed by atoms with Gasteiger partial charge < -0.3 is 30.9 Å². The molecule has 0 aliphatic carbocycles. The van der Waals surface area contributed by atoms with Crippen molar-refractivity contribution in [2.75, 3.05) is 44.0 Å². The highest BCUT2D eigenvalue weighted by molar-refractivity contribution is 6.01. The molecule has 0 saturated carbocycles. The zero-order valence-corrected chi connectivity index (χ0v) is 22.0. The van der Waals surface area contributed by atoms with E-state index in [0.717, 1.165) is 18.2 Å². The molecule has 5 N–H and O–H groups in total. The van der Waals surface area contributed by atoms with Crippen molar-refractivity contribution in [1.82, 2.24) is 9.97 Å². The first-order valence-corrected chi connectivity index (χ1v) is 12.8. The molecule has 212 valence electrons. The molecule has 0 bridgehead atoms. The molecule has 0 unspecified atom stereocenters. The third-order valence-corrected chi connectivity index (χ3v) is 7.67. The van der Waals surface area contributed by atoms with Gasteiger partial charge in [-0.3, -0.25) is 9.78 Å². The van der Waals surface area contributed by atoms with E-state index >= 15 is 8.78 Å². The van der Waals surface area contributed by atoms with Crippen molar-refractivity contribution in [2.45, 2.75) is 31.1 Å². The van der Waals surface area contributed by atoms with Crippen LogP contribution in [0.2, 0.25) is 0 Å². The lowest BCUT2D eigenvalue weighted by molar-refractivity contribution is -0.202. The summed E-state index contributed by atoms with van der Waals surface area (Å²) in [6.07, 6.45) is 2.23. The number of nitrogens with zero attached hydrogens (tertiary/aromatic N) is 3.